The molecule has 162 valence electrons. The third-order valence-corrected chi connectivity index (χ3v) is 5.49. The zero-order valence-corrected chi connectivity index (χ0v) is 17.8. The smallest absolute Gasteiger partial charge is 0.241 e. The van der Waals surface area contributed by atoms with Crippen molar-refractivity contribution >= 4 is 5.91 Å². The largest absolute Gasteiger partial charge is 0.494 e. The van der Waals surface area contributed by atoms with Crippen LogP contribution >= 0.6 is 0 Å². The van der Waals surface area contributed by atoms with Crippen LogP contribution in [0.5, 0.6) is 5.75 Å². The minimum Gasteiger partial charge on any atom is -0.494 e. The number of piperidine rings is 1. The van der Waals surface area contributed by atoms with Crippen molar-refractivity contribution in [3.05, 3.63) is 66.1 Å². The van der Waals surface area contributed by atoms with Gasteiger partial charge in [0.1, 0.15) is 5.75 Å². The van der Waals surface area contributed by atoms with Crippen molar-refractivity contribution in [2.24, 2.45) is 5.92 Å². The number of nitrogens with zero attached hydrogens (tertiary/aromatic N) is 3. The predicted molar refractivity (Wildman–Crippen MR) is 117 cm³/mol. The SMILES string of the molecule is CCOc1cccc(CNC(=O)C2CCN(Cc3nc(-c4ccccc4)no3)CC2)c1. The highest BCUT2D eigenvalue weighted by Crippen LogP contribution is 2.21. The molecule has 0 unspecified atom stereocenters. The first-order chi connectivity index (χ1) is 15.2. The van der Waals surface area contributed by atoms with Gasteiger partial charge in [-0.25, -0.2) is 0 Å². The molecule has 31 heavy (non-hydrogen) atoms. The summed E-state index contributed by atoms with van der Waals surface area (Å²) in [5.74, 6) is 2.20. The summed E-state index contributed by atoms with van der Waals surface area (Å²) in [6, 6.07) is 17.6. The molecule has 1 N–H and O–H groups in total. The molecular weight excluding hydrogens is 392 g/mol. The number of nitrogens with one attached hydrogen (secondary N) is 1. The normalized spacial score (nSPS) is 15.0. The Morgan fingerprint density at radius 1 is 1.16 bits per heavy atom. The molecule has 0 saturated carbocycles. The Kier molecular flexibility index (Phi) is 6.94. The van der Waals surface area contributed by atoms with Crippen molar-refractivity contribution in [1.29, 1.82) is 0 Å². The first-order valence-corrected chi connectivity index (χ1v) is 10.8. The van der Waals surface area contributed by atoms with Gasteiger partial charge in [0.25, 0.3) is 0 Å². The summed E-state index contributed by atoms with van der Waals surface area (Å²) in [5, 5.41) is 7.15. The number of amides is 1. The highest BCUT2D eigenvalue weighted by Gasteiger charge is 2.26. The number of benzene rings is 2. The van der Waals surface area contributed by atoms with E-state index in [4.69, 9.17) is 9.26 Å². The molecular formula is C24H28N4O3. The highest BCUT2D eigenvalue weighted by molar-refractivity contribution is 5.78. The average Bonchev–Trinajstić information content (AvgIpc) is 3.28. The number of likely N-dealkylation sites (tertiary alicyclic amines) is 1. The van der Waals surface area contributed by atoms with Crippen LogP contribution < -0.4 is 10.1 Å². The van der Waals surface area contributed by atoms with Gasteiger partial charge >= 0.3 is 0 Å². The lowest BCUT2D eigenvalue weighted by molar-refractivity contribution is -0.126. The molecule has 0 spiro atoms. The van der Waals surface area contributed by atoms with Gasteiger partial charge in [0.05, 0.1) is 13.2 Å². The lowest BCUT2D eigenvalue weighted by Gasteiger charge is -2.30. The van der Waals surface area contributed by atoms with Crippen LogP contribution in [0.4, 0.5) is 0 Å². The van der Waals surface area contributed by atoms with Crippen LogP contribution in [-0.4, -0.2) is 40.6 Å². The molecule has 1 aromatic heterocycles. The lowest BCUT2D eigenvalue weighted by Crippen LogP contribution is -2.40. The van der Waals surface area contributed by atoms with Crippen LogP contribution in [0.1, 0.15) is 31.2 Å². The maximum atomic E-state index is 12.6. The van der Waals surface area contributed by atoms with Gasteiger partial charge in [-0.3, -0.25) is 9.69 Å². The molecule has 1 fully saturated rings. The van der Waals surface area contributed by atoms with Gasteiger partial charge in [-0.2, -0.15) is 4.98 Å². The molecule has 3 aromatic rings. The minimum absolute atomic E-state index is 0.0360. The third kappa shape index (κ3) is 5.70. The van der Waals surface area contributed by atoms with Crippen LogP contribution in [0, 0.1) is 5.92 Å². The molecule has 1 saturated heterocycles. The van der Waals surface area contributed by atoms with E-state index in [1.54, 1.807) is 0 Å². The Balaban J connectivity index is 1.23. The van der Waals surface area contributed by atoms with Gasteiger partial charge in [-0.15, -0.1) is 0 Å². The summed E-state index contributed by atoms with van der Waals surface area (Å²) in [5.41, 5.74) is 1.99. The van der Waals surface area contributed by atoms with Crippen molar-refractivity contribution in [3.8, 4) is 17.1 Å². The van der Waals surface area contributed by atoms with E-state index < -0.39 is 0 Å². The zero-order chi connectivity index (χ0) is 21.5. The molecule has 0 bridgehead atoms. The maximum Gasteiger partial charge on any atom is 0.241 e. The van der Waals surface area contributed by atoms with E-state index in [-0.39, 0.29) is 11.8 Å². The van der Waals surface area contributed by atoms with E-state index >= 15 is 0 Å². The highest BCUT2D eigenvalue weighted by atomic mass is 16.5. The second kappa shape index (κ2) is 10.2. The van der Waals surface area contributed by atoms with Gasteiger partial charge in [0.15, 0.2) is 0 Å². The number of ether oxygens (including phenoxy) is 1. The Morgan fingerprint density at radius 3 is 2.74 bits per heavy atom. The van der Waals surface area contributed by atoms with E-state index in [1.807, 2.05) is 61.5 Å². The van der Waals surface area contributed by atoms with Crippen LogP contribution in [0.15, 0.2) is 59.1 Å². The molecule has 2 aromatic carbocycles. The summed E-state index contributed by atoms with van der Waals surface area (Å²) in [4.78, 5) is 19.4. The van der Waals surface area contributed by atoms with Gasteiger partial charge in [0.2, 0.25) is 17.6 Å². The molecule has 0 radical (unpaired) electrons. The van der Waals surface area contributed by atoms with E-state index in [1.165, 1.54) is 0 Å². The number of hydrogen-bond donors (Lipinski definition) is 1. The third-order valence-electron chi connectivity index (χ3n) is 5.49. The summed E-state index contributed by atoms with van der Waals surface area (Å²) in [6.07, 6.45) is 1.65. The lowest BCUT2D eigenvalue weighted by atomic mass is 9.96. The van der Waals surface area contributed by atoms with Crippen molar-refractivity contribution in [3.63, 3.8) is 0 Å². The second-order valence-corrected chi connectivity index (χ2v) is 7.73. The molecule has 1 aliphatic heterocycles. The number of rotatable bonds is 8. The van der Waals surface area contributed by atoms with Crippen LogP contribution in [-0.2, 0) is 17.9 Å². The van der Waals surface area contributed by atoms with Crippen molar-refractivity contribution < 1.29 is 14.1 Å². The predicted octanol–water partition coefficient (Wildman–Crippen LogP) is 3.66. The summed E-state index contributed by atoms with van der Waals surface area (Å²) in [7, 11) is 0. The zero-order valence-electron chi connectivity index (χ0n) is 17.8. The van der Waals surface area contributed by atoms with Crippen molar-refractivity contribution in [2.75, 3.05) is 19.7 Å². The molecule has 2 heterocycles. The number of aromatic nitrogens is 2. The first-order valence-electron chi connectivity index (χ1n) is 10.8. The van der Waals surface area contributed by atoms with Gasteiger partial charge in [-0.1, -0.05) is 47.6 Å². The Bertz CT molecular complexity index is 981. The van der Waals surface area contributed by atoms with E-state index in [0.29, 0.717) is 31.4 Å². The average molecular weight is 421 g/mol. The summed E-state index contributed by atoms with van der Waals surface area (Å²) >= 11 is 0. The fourth-order valence-corrected chi connectivity index (χ4v) is 3.81. The molecule has 7 nitrogen and oxygen atoms in total. The molecule has 0 aliphatic carbocycles. The van der Waals surface area contributed by atoms with E-state index in [9.17, 15) is 4.79 Å². The fourth-order valence-electron chi connectivity index (χ4n) is 3.81. The second-order valence-electron chi connectivity index (χ2n) is 7.73. The maximum absolute atomic E-state index is 12.6. The molecule has 1 amide bonds. The quantitative estimate of drug-likeness (QED) is 0.599. The van der Waals surface area contributed by atoms with Crippen molar-refractivity contribution in [1.82, 2.24) is 20.4 Å². The van der Waals surface area contributed by atoms with Crippen LogP contribution in [0.3, 0.4) is 0 Å². The fraction of sp³-hybridized carbons (Fsp3) is 0.375. The number of hydrogen-bond acceptors (Lipinski definition) is 6. The Morgan fingerprint density at radius 2 is 1.97 bits per heavy atom. The first kappa shape index (κ1) is 21.1. The van der Waals surface area contributed by atoms with Crippen LogP contribution in [0.25, 0.3) is 11.4 Å². The minimum atomic E-state index is 0.0360. The number of carbonyl (C=O) groups excluding carboxylic acids is 1. The topological polar surface area (TPSA) is 80.5 Å². The van der Waals surface area contributed by atoms with Gasteiger partial charge in [0, 0.05) is 18.0 Å². The summed E-state index contributed by atoms with van der Waals surface area (Å²) < 4.78 is 10.9. The monoisotopic (exact) mass is 420 g/mol. The van der Waals surface area contributed by atoms with Gasteiger partial charge in [-0.05, 0) is 50.6 Å². The summed E-state index contributed by atoms with van der Waals surface area (Å²) in [6.45, 7) is 5.39. The standard InChI is InChI=1S/C24H28N4O3/c1-2-30-21-10-6-7-18(15-21)16-25-24(29)20-11-13-28(14-12-20)17-22-26-23(27-31-22)19-8-4-3-5-9-19/h3-10,15,20H,2,11-14,16-17H2,1H3,(H,25,29). The van der Waals surface area contributed by atoms with E-state index in [2.05, 4.69) is 20.4 Å². The van der Waals surface area contributed by atoms with Crippen molar-refractivity contribution in [2.45, 2.75) is 32.9 Å². The van der Waals surface area contributed by atoms with Crippen LogP contribution in [0.2, 0.25) is 0 Å². The molecule has 4 rings (SSSR count). The molecule has 7 heteroatoms. The molecule has 0 atom stereocenters. The number of carbonyl (C=O) groups is 1. The Hall–Kier alpha value is -3.19. The molecule has 1 aliphatic rings. The van der Waals surface area contributed by atoms with Gasteiger partial charge < -0.3 is 14.6 Å². The van der Waals surface area contributed by atoms with E-state index in [0.717, 1.165) is 42.8 Å². The Labute approximate surface area is 182 Å².